The Morgan fingerprint density at radius 2 is 1.57 bits per heavy atom. The van der Waals surface area contributed by atoms with Crippen molar-refractivity contribution < 1.29 is 175 Å². The second-order valence-corrected chi connectivity index (χ2v) is 11.5. The number of rotatable bonds is 8. The van der Waals surface area contributed by atoms with Gasteiger partial charge in [-0.05, 0) is 0 Å². The summed E-state index contributed by atoms with van der Waals surface area (Å²) < 4.78 is 45.3. The van der Waals surface area contributed by atoms with E-state index in [2.05, 4.69) is 28.1 Å². The molecule has 4 N–H and O–H groups in total. The van der Waals surface area contributed by atoms with Gasteiger partial charge in [-0.2, -0.15) is 0 Å². The molecule has 1 aliphatic heterocycles. The number of anilines is 1. The van der Waals surface area contributed by atoms with Gasteiger partial charge in [0.2, 0.25) is 0 Å². The first-order valence-corrected chi connectivity index (χ1v) is 13.2. The van der Waals surface area contributed by atoms with Gasteiger partial charge >= 0.3 is 118 Å². The number of thioether (sulfide) groups is 1. The second-order valence-electron chi connectivity index (χ2n) is 5.93. The summed E-state index contributed by atoms with van der Waals surface area (Å²) in [4.78, 5) is 55.2. The fraction of sp³-hybridized carbons (Fsp3) is 0.500. The van der Waals surface area contributed by atoms with Gasteiger partial charge in [-0.25, -0.2) is 19.3 Å². The van der Waals surface area contributed by atoms with Crippen LogP contribution < -0.4 is 144 Å². The van der Waals surface area contributed by atoms with E-state index in [1.54, 1.807) is 0 Å². The van der Waals surface area contributed by atoms with Gasteiger partial charge in [0, 0.05) is 0 Å². The van der Waals surface area contributed by atoms with Crippen molar-refractivity contribution in [1.29, 1.82) is 0 Å². The number of nitrogen functional groups attached to an aromatic ring is 1. The van der Waals surface area contributed by atoms with Gasteiger partial charge in [-0.3, -0.25) is 18.0 Å². The summed E-state index contributed by atoms with van der Waals surface area (Å²) >= 11 is 0.832. The molecule has 3 unspecified atom stereocenters. The molecule has 0 spiro atoms. The summed E-state index contributed by atoms with van der Waals surface area (Å²) in [5, 5.41) is 18.5. The molecule has 1 aliphatic rings. The Labute approximate surface area is 290 Å². The van der Waals surface area contributed by atoms with Crippen molar-refractivity contribution in [3.8, 4) is 0 Å². The number of aromatic nitrogens is 4. The van der Waals surface area contributed by atoms with E-state index < -0.39 is 52.9 Å². The van der Waals surface area contributed by atoms with Crippen LogP contribution in [-0.4, -0.2) is 53.8 Å². The Kier molecular flexibility index (Phi) is 18.2. The molecule has 2 aromatic rings. The van der Waals surface area contributed by atoms with E-state index in [1.807, 2.05) is 0 Å². The molecule has 0 aliphatic carbocycles. The summed E-state index contributed by atoms with van der Waals surface area (Å²) in [5.74, 6) is 0.0658. The second kappa shape index (κ2) is 15.9. The van der Waals surface area contributed by atoms with Crippen LogP contribution in [0.4, 0.5) is 5.82 Å². The number of nitrogens with zero attached hydrogens (tertiary/aromatic N) is 4. The first-order chi connectivity index (χ1) is 14.2. The molecule has 6 atom stereocenters. The van der Waals surface area contributed by atoms with Crippen LogP contribution in [0.15, 0.2) is 12.7 Å². The maximum Gasteiger partial charge on any atom is 1.00 e. The van der Waals surface area contributed by atoms with Crippen LogP contribution in [0.5, 0.6) is 0 Å². The summed E-state index contributed by atoms with van der Waals surface area (Å²) in [6.45, 7) is -0.893. The minimum absolute atomic E-state index is 0. The largest absolute Gasteiger partial charge is 1.00 e. The number of hydrogen-bond donors (Lipinski definition) is 3. The van der Waals surface area contributed by atoms with Crippen molar-refractivity contribution >= 4 is 52.2 Å². The average Bonchev–Trinajstić information content (AvgIpc) is 3.13. The zero-order valence-electron chi connectivity index (χ0n) is 18.8. The van der Waals surface area contributed by atoms with Gasteiger partial charge in [0.05, 0.1) is 32.1 Å². The molecule has 2 aromatic heterocycles. The third-order valence-corrected chi connectivity index (χ3v) is 9.01. The molecule has 35 heavy (non-hydrogen) atoms. The number of aliphatic hydroxyl groups excluding tert-OH is 2. The smallest absolute Gasteiger partial charge is 0.790 e. The monoisotopic (exact) mass is 611 g/mol. The molecule has 25 heteroatoms. The van der Waals surface area contributed by atoms with Gasteiger partial charge < -0.3 is 44.6 Å². The average molecular weight is 611 g/mol. The number of aliphatic hydroxyl groups is 2. The molecule has 3 heterocycles. The van der Waals surface area contributed by atoms with E-state index in [0.29, 0.717) is 0 Å². The van der Waals surface area contributed by atoms with Crippen molar-refractivity contribution in [1.82, 2.24) is 19.5 Å². The van der Waals surface area contributed by atoms with E-state index in [0.717, 1.165) is 18.1 Å². The van der Waals surface area contributed by atoms with Crippen LogP contribution in [0.3, 0.4) is 0 Å². The standard InChI is InChI=1S/C10H16N5O12P3S.4Na/c11-8-5-9(13-2-12-8)15(3-14-5)10-7(17)6(16)4(31-10)1-25-29(21,22)27-30(23,24)26-28(18,19)20;;;;/h2-4,6-7,10,16-17H,1H2,(H,21,22)(H,23,24)(H2,11,12,13)(H2,18,19,20);;;;/q;4*+1/p-4/t4-,6-,7-,10?;;;;/m1..../s1. The first-order valence-electron chi connectivity index (χ1n) is 7.85. The number of phosphoric ester groups is 1. The number of nitrogens with two attached hydrogens (primary N) is 1. The van der Waals surface area contributed by atoms with Crippen LogP contribution in [-0.2, 0) is 26.8 Å². The molecule has 17 nitrogen and oxygen atoms in total. The maximum atomic E-state index is 11.6. The maximum absolute atomic E-state index is 11.6. The van der Waals surface area contributed by atoms with Crippen molar-refractivity contribution in [3.05, 3.63) is 12.7 Å². The van der Waals surface area contributed by atoms with Crippen molar-refractivity contribution in [2.24, 2.45) is 0 Å². The predicted molar refractivity (Wildman–Crippen MR) is 93.1 cm³/mol. The molecular formula is C10H12N5Na4O12P3S. The molecule has 0 saturated carbocycles. The molecule has 0 amide bonds. The van der Waals surface area contributed by atoms with Gasteiger partial charge in [0.1, 0.15) is 23.3 Å². The molecule has 3 rings (SSSR count). The van der Waals surface area contributed by atoms with Crippen LogP contribution in [0.1, 0.15) is 5.37 Å². The predicted octanol–water partition coefficient (Wildman–Crippen LogP) is -15.4. The zero-order chi connectivity index (χ0) is 23.2. The van der Waals surface area contributed by atoms with Gasteiger partial charge in [0.15, 0.2) is 11.5 Å². The molecule has 1 fully saturated rings. The summed E-state index contributed by atoms with van der Waals surface area (Å²) in [5.41, 5.74) is 6.13. The van der Waals surface area contributed by atoms with E-state index in [9.17, 15) is 43.5 Å². The van der Waals surface area contributed by atoms with E-state index in [1.165, 1.54) is 10.9 Å². The molecular weight excluding hydrogens is 599 g/mol. The van der Waals surface area contributed by atoms with Gasteiger partial charge in [-0.15, -0.1) is 11.8 Å². The van der Waals surface area contributed by atoms with E-state index >= 15 is 0 Å². The Morgan fingerprint density at radius 1 is 0.971 bits per heavy atom. The first kappa shape index (κ1) is 40.2. The molecule has 0 bridgehead atoms. The van der Waals surface area contributed by atoms with Crippen molar-refractivity contribution in [2.45, 2.75) is 22.8 Å². The summed E-state index contributed by atoms with van der Waals surface area (Å²) in [6, 6.07) is 0. The minimum atomic E-state index is -6.11. The van der Waals surface area contributed by atoms with E-state index in [-0.39, 0.29) is 135 Å². The number of imidazole rings is 1. The van der Waals surface area contributed by atoms with E-state index in [4.69, 9.17) is 5.73 Å². The number of hydrogen-bond acceptors (Lipinski definition) is 17. The molecule has 0 radical (unpaired) electrons. The van der Waals surface area contributed by atoms with Crippen LogP contribution in [0.2, 0.25) is 0 Å². The summed E-state index contributed by atoms with van der Waals surface area (Å²) in [6.07, 6.45) is -0.593. The minimum Gasteiger partial charge on any atom is -0.790 e. The Bertz CT molecular complexity index is 1130. The van der Waals surface area contributed by atoms with Crippen molar-refractivity contribution in [2.75, 3.05) is 12.3 Å². The normalized spacial score (nSPS) is 25.2. The topological polar surface area (TPSA) is 281 Å². The zero-order valence-corrected chi connectivity index (χ0v) is 30.3. The molecule has 1 saturated heterocycles. The molecule has 174 valence electrons. The number of phosphoric acid groups is 3. The summed E-state index contributed by atoms with van der Waals surface area (Å²) in [7, 11) is -18.0. The Hall–Kier alpha value is 3.03. The quantitative estimate of drug-likeness (QED) is 0.184. The Morgan fingerprint density at radius 3 is 2.14 bits per heavy atom. The van der Waals surface area contributed by atoms with Gasteiger partial charge in [-0.1, -0.05) is 0 Å². The molecule has 0 aromatic carbocycles. The number of fused-ring (bicyclic) bond motifs is 1. The fourth-order valence-corrected chi connectivity index (χ4v) is 7.02. The third-order valence-electron chi connectivity index (χ3n) is 3.80. The third kappa shape index (κ3) is 11.1. The van der Waals surface area contributed by atoms with Crippen LogP contribution in [0, 0.1) is 0 Å². The SMILES string of the molecule is Nc1ncnc2c1ncn2C1S[C@H](COP(=O)([O-])OP(=O)([O-])OP(=O)([O-])[O-])[C@@H](O)[C@H]1O.[Na+].[Na+].[Na+].[Na+]. The van der Waals surface area contributed by atoms with Gasteiger partial charge in [0.25, 0.3) is 15.6 Å². The van der Waals surface area contributed by atoms with Crippen LogP contribution >= 0.6 is 35.2 Å². The Balaban J connectivity index is 0. The van der Waals surface area contributed by atoms with Crippen LogP contribution in [0.25, 0.3) is 11.2 Å². The van der Waals surface area contributed by atoms with Crippen molar-refractivity contribution in [3.63, 3.8) is 0 Å². The fourth-order valence-electron chi connectivity index (χ4n) is 2.60.